The Labute approximate surface area is 128 Å². The molecule has 4 heteroatoms. The van der Waals surface area contributed by atoms with E-state index in [-0.39, 0.29) is 0 Å². The highest BCUT2D eigenvalue weighted by Crippen LogP contribution is 2.22. The highest BCUT2D eigenvalue weighted by atomic mass is 15.2. The van der Waals surface area contributed by atoms with Gasteiger partial charge in [0, 0.05) is 18.3 Å². The molecule has 116 valence electrons. The molecule has 0 aromatic carbocycles. The van der Waals surface area contributed by atoms with E-state index in [1.54, 1.807) is 0 Å². The first-order chi connectivity index (χ1) is 10.4. The van der Waals surface area contributed by atoms with E-state index in [0.29, 0.717) is 12.1 Å². The van der Waals surface area contributed by atoms with Crippen LogP contribution in [0.5, 0.6) is 0 Å². The van der Waals surface area contributed by atoms with Crippen molar-refractivity contribution in [1.29, 1.82) is 0 Å². The molecule has 0 amide bonds. The third kappa shape index (κ3) is 4.58. The largest absolute Gasteiger partial charge is 0.367 e. The van der Waals surface area contributed by atoms with Gasteiger partial charge in [-0.25, -0.2) is 4.98 Å². The summed E-state index contributed by atoms with van der Waals surface area (Å²) in [6.45, 7) is 0. The van der Waals surface area contributed by atoms with Crippen LogP contribution in [0.1, 0.15) is 70.6 Å². The number of rotatable bonds is 4. The van der Waals surface area contributed by atoms with Crippen LogP contribution in [-0.4, -0.2) is 22.1 Å². The van der Waals surface area contributed by atoms with Crippen LogP contribution in [0.3, 0.4) is 0 Å². The van der Waals surface area contributed by atoms with E-state index in [1.165, 1.54) is 70.6 Å². The van der Waals surface area contributed by atoms with E-state index in [1.807, 2.05) is 12.3 Å². The van der Waals surface area contributed by atoms with E-state index in [2.05, 4.69) is 20.6 Å². The fourth-order valence-electron chi connectivity index (χ4n) is 3.57. The molecule has 0 unspecified atom stereocenters. The second kappa shape index (κ2) is 7.62. The first-order valence-corrected chi connectivity index (χ1v) is 8.76. The van der Waals surface area contributed by atoms with Gasteiger partial charge in [-0.15, -0.1) is 0 Å². The zero-order valence-electron chi connectivity index (χ0n) is 13.0. The lowest BCUT2D eigenvalue weighted by Crippen LogP contribution is -2.24. The van der Waals surface area contributed by atoms with Gasteiger partial charge in [0.15, 0.2) is 0 Å². The average molecular weight is 288 g/mol. The van der Waals surface area contributed by atoms with Crippen molar-refractivity contribution in [3.05, 3.63) is 12.3 Å². The summed E-state index contributed by atoms with van der Waals surface area (Å²) >= 11 is 0. The zero-order valence-corrected chi connectivity index (χ0v) is 13.0. The molecule has 2 aliphatic rings. The van der Waals surface area contributed by atoms with Crippen LogP contribution in [0, 0.1) is 0 Å². The highest BCUT2D eigenvalue weighted by Gasteiger charge is 2.15. The first kappa shape index (κ1) is 14.6. The molecule has 4 nitrogen and oxygen atoms in total. The van der Waals surface area contributed by atoms with Crippen molar-refractivity contribution in [3.8, 4) is 0 Å². The lowest BCUT2D eigenvalue weighted by Gasteiger charge is -2.23. The second-order valence-corrected chi connectivity index (χ2v) is 6.58. The first-order valence-electron chi connectivity index (χ1n) is 8.76. The van der Waals surface area contributed by atoms with Crippen LogP contribution in [-0.2, 0) is 0 Å². The van der Waals surface area contributed by atoms with E-state index in [9.17, 15) is 0 Å². The number of hydrogen-bond acceptors (Lipinski definition) is 4. The fourth-order valence-corrected chi connectivity index (χ4v) is 3.57. The van der Waals surface area contributed by atoms with Crippen molar-refractivity contribution in [2.45, 2.75) is 82.7 Å². The Kier molecular flexibility index (Phi) is 5.30. The van der Waals surface area contributed by atoms with E-state index in [4.69, 9.17) is 0 Å². The van der Waals surface area contributed by atoms with Gasteiger partial charge in [0.05, 0.1) is 0 Å². The maximum Gasteiger partial charge on any atom is 0.224 e. The average Bonchev–Trinajstić information content (AvgIpc) is 2.77. The molecule has 1 aromatic rings. The molecular formula is C17H28N4. The summed E-state index contributed by atoms with van der Waals surface area (Å²) in [5.74, 6) is 1.77. The topological polar surface area (TPSA) is 49.8 Å². The summed E-state index contributed by atoms with van der Waals surface area (Å²) in [4.78, 5) is 9.05. The minimum atomic E-state index is 0.553. The molecule has 2 saturated carbocycles. The van der Waals surface area contributed by atoms with Gasteiger partial charge in [0.1, 0.15) is 5.82 Å². The lowest BCUT2D eigenvalue weighted by molar-refractivity contribution is 0.462. The van der Waals surface area contributed by atoms with Crippen LogP contribution >= 0.6 is 0 Å². The SMILES string of the molecule is c1cc(NC2CCCCC2)nc(NC2CCCCCC2)n1. The maximum atomic E-state index is 4.66. The molecule has 21 heavy (non-hydrogen) atoms. The third-order valence-corrected chi connectivity index (χ3v) is 4.80. The molecule has 3 rings (SSSR count). The van der Waals surface area contributed by atoms with Gasteiger partial charge < -0.3 is 10.6 Å². The summed E-state index contributed by atoms with van der Waals surface area (Å²) in [7, 11) is 0. The number of nitrogens with one attached hydrogen (secondary N) is 2. The van der Waals surface area contributed by atoms with Crippen molar-refractivity contribution in [1.82, 2.24) is 9.97 Å². The van der Waals surface area contributed by atoms with E-state index in [0.717, 1.165) is 11.8 Å². The van der Waals surface area contributed by atoms with Crippen molar-refractivity contribution in [2.24, 2.45) is 0 Å². The molecule has 0 spiro atoms. The Bertz CT molecular complexity index is 421. The van der Waals surface area contributed by atoms with Crippen LogP contribution in [0.4, 0.5) is 11.8 Å². The van der Waals surface area contributed by atoms with Gasteiger partial charge in [0.25, 0.3) is 0 Å². The monoisotopic (exact) mass is 288 g/mol. The molecule has 2 N–H and O–H groups in total. The minimum absolute atomic E-state index is 0.553. The Balaban J connectivity index is 1.56. The Morgan fingerprint density at radius 1 is 0.762 bits per heavy atom. The van der Waals surface area contributed by atoms with Crippen LogP contribution in [0.15, 0.2) is 12.3 Å². The summed E-state index contributed by atoms with van der Waals surface area (Å²) in [6.07, 6.45) is 16.4. The smallest absolute Gasteiger partial charge is 0.224 e. The van der Waals surface area contributed by atoms with Gasteiger partial charge in [-0.05, 0) is 31.7 Å². The van der Waals surface area contributed by atoms with E-state index >= 15 is 0 Å². The standard InChI is InChI=1S/C17H28N4/c1-2-5-11-15(10-4-1)20-17-18-13-12-16(21-17)19-14-8-6-3-7-9-14/h12-15H,1-11H2,(H2,18,19,20,21). The fraction of sp³-hybridized carbons (Fsp3) is 0.765. The van der Waals surface area contributed by atoms with Gasteiger partial charge in [-0.2, -0.15) is 4.98 Å². The molecule has 1 aromatic heterocycles. The minimum Gasteiger partial charge on any atom is -0.367 e. The number of hydrogen-bond donors (Lipinski definition) is 2. The molecule has 0 saturated heterocycles. The quantitative estimate of drug-likeness (QED) is 0.808. The molecule has 2 aliphatic carbocycles. The number of aromatic nitrogens is 2. The highest BCUT2D eigenvalue weighted by molar-refractivity contribution is 5.40. The summed E-state index contributed by atoms with van der Waals surface area (Å²) in [6, 6.07) is 3.14. The Morgan fingerprint density at radius 3 is 2.00 bits per heavy atom. The molecule has 2 fully saturated rings. The van der Waals surface area contributed by atoms with Crippen molar-refractivity contribution in [2.75, 3.05) is 10.6 Å². The van der Waals surface area contributed by atoms with Gasteiger partial charge >= 0.3 is 0 Å². The van der Waals surface area contributed by atoms with E-state index < -0.39 is 0 Å². The summed E-state index contributed by atoms with van der Waals surface area (Å²) in [5.41, 5.74) is 0. The van der Waals surface area contributed by atoms with Crippen molar-refractivity contribution in [3.63, 3.8) is 0 Å². The van der Waals surface area contributed by atoms with Crippen LogP contribution in [0.2, 0.25) is 0 Å². The second-order valence-electron chi connectivity index (χ2n) is 6.58. The van der Waals surface area contributed by atoms with Gasteiger partial charge in [0.2, 0.25) is 5.95 Å². The molecule has 0 bridgehead atoms. The summed E-state index contributed by atoms with van der Waals surface area (Å²) in [5, 5.41) is 7.12. The third-order valence-electron chi connectivity index (χ3n) is 4.80. The van der Waals surface area contributed by atoms with Crippen molar-refractivity contribution < 1.29 is 0 Å². The molecule has 0 radical (unpaired) electrons. The molecule has 0 atom stereocenters. The Hall–Kier alpha value is -1.32. The molecule has 0 aliphatic heterocycles. The number of nitrogens with zero attached hydrogens (tertiary/aromatic N) is 2. The predicted octanol–water partition coefficient (Wildman–Crippen LogP) is 4.36. The van der Waals surface area contributed by atoms with Crippen LogP contribution in [0.25, 0.3) is 0 Å². The molecular weight excluding hydrogens is 260 g/mol. The molecule has 1 heterocycles. The zero-order chi connectivity index (χ0) is 14.3. The Morgan fingerprint density at radius 2 is 1.33 bits per heavy atom. The van der Waals surface area contributed by atoms with Crippen LogP contribution < -0.4 is 10.6 Å². The lowest BCUT2D eigenvalue weighted by atomic mass is 9.95. The van der Waals surface area contributed by atoms with Crippen molar-refractivity contribution >= 4 is 11.8 Å². The maximum absolute atomic E-state index is 4.66. The number of anilines is 2. The summed E-state index contributed by atoms with van der Waals surface area (Å²) < 4.78 is 0. The van der Waals surface area contributed by atoms with Gasteiger partial charge in [-0.1, -0.05) is 44.9 Å². The van der Waals surface area contributed by atoms with Gasteiger partial charge in [-0.3, -0.25) is 0 Å². The predicted molar refractivity (Wildman–Crippen MR) is 87.6 cm³/mol. The normalized spacial score (nSPS) is 21.7.